The summed E-state index contributed by atoms with van der Waals surface area (Å²) in [7, 11) is 0. The molecule has 0 fully saturated rings. The van der Waals surface area contributed by atoms with Crippen LogP contribution < -0.4 is 4.90 Å². The summed E-state index contributed by atoms with van der Waals surface area (Å²) in [5, 5.41) is 9.39. The molecule has 0 saturated heterocycles. The third-order valence-electron chi connectivity index (χ3n) is 4.73. The van der Waals surface area contributed by atoms with Crippen molar-refractivity contribution in [3.05, 3.63) is 108 Å². The van der Waals surface area contributed by atoms with Gasteiger partial charge in [0.15, 0.2) is 0 Å². The number of rotatable bonds is 9. The summed E-state index contributed by atoms with van der Waals surface area (Å²) in [5.74, 6) is -1.35. The quantitative estimate of drug-likeness (QED) is 0.179. The van der Waals surface area contributed by atoms with E-state index in [4.69, 9.17) is 9.47 Å². The van der Waals surface area contributed by atoms with Crippen LogP contribution in [0.2, 0.25) is 0 Å². The average molecular weight is 453 g/mol. The second-order valence-corrected chi connectivity index (χ2v) is 7.32. The molecule has 3 aromatic carbocycles. The Kier molecular flexibility index (Phi) is 8.36. The zero-order chi connectivity index (χ0) is 24.3. The molecule has 34 heavy (non-hydrogen) atoms. The van der Waals surface area contributed by atoms with Crippen molar-refractivity contribution >= 4 is 35.1 Å². The number of nitriles is 1. The van der Waals surface area contributed by atoms with Crippen LogP contribution in [0.15, 0.2) is 103 Å². The Morgan fingerprint density at radius 3 is 1.76 bits per heavy atom. The Labute approximate surface area is 199 Å². The SMILES string of the molecule is C=C(C)C(=O)OCCOC(=O)/C(C#N)=C/c1ccc(N(c2ccccc2)c2ccccc2)cc1. The van der Waals surface area contributed by atoms with E-state index in [1.165, 1.54) is 13.0 Å². The van der Waals surface area contributed by atoms with Crippen LogP contribution in [0.4, 0.5) is 17.1 Å². The van der Waals surface area contributed by atoms with Gasteiger partial charge in [0.2, 0.25) is 0 Å². The van der Waals surface area contributed by atoms with Crippen molar-refractivity contribution in [1.29, 1.82) is 5.26 Å². The van der Waals surface area contributed by atoms with Crippen molar-refractivity contribution in [2.45, 2.75) is 6.92 Å². The van der Waals surface area contributed by atoms with E-state index in [9.17, 15) is 14.9 Å². The second-order valence-electron chi connectivity index (χ2n) is 7.32. The third-order valence-corrected chi connectivity index (χ3v) is 4.73. The number of hydrogen-bond acceptors (Lipinski definition) is 6. The highest BCUT2D eigenvalue weighted by molar-refractivity contribution is 5.98. The van der Waals surface area contributed by atoms with E-state index in [0.29, 0.717) is 5.56 Å². The van der Waals surface area contributed by atoms with Crippen molar-refractivity contribution in [1.82, 2.24) is 0 Å². The molecule has 0 aliphatic carbocycles. The molecule has 0 atom stereocenters. The molecule has 170 valence electrons. The number of nitrogens with zero attached hydrogens (tertiary/aromatic N) is 2. The highest BCUT2D eigenvalue weighted by Crippen LogP contribution is 2.34. The van der Waals surface area contributed by atoms with Gasteiger partial charge in [-0.15, -0.1) is 0 Å². The molecule has 0 unspecified atom stereocenters. The van der Waals surface area contributed by atoms with Crippen LogP contribution in [0, 0.1) is 11.3 Å². The molecule has 0 spiro atoms. The molecule has 0 N–H and O–H groups in total. The summed E-state index contributed by atoms with van der Waals surface area (Å²) < 4.78 is 9.90. The smallest absolute Gasteiger partial charge is 0.349 e. The predicted molar refractivity (Wildman–Crippen MR) is 131 cm³/mol. The Hall–Kier alpha value is -4.63. The van der Waals surface area contributed by atoms with Gasteiger partial charge in [0.05, 0.1) is 0 Å². The van der Waals surface area contributed by atoms with Gasteiger partial charge in [-0.3, -0.25) is 0 Å². The first kappa shape index (κ1) is 24.0. The Morgan fingerprint density at radius 1 is 0.824 bits per heavy atom. The van der Waals surface area contributed by atoms with Crippen LogP contribution in [-0.4, -0.2) is 25.2 Å². The standard InChI is InChI=1S/C28H24N2O4/c1-21(2)27(31)33-17-18-34-28(32)23(20-29)19-22-13-15-26(16-14-22)30(24-9-5-3-6-10-24)25-11-7-4-8-12-25/h3-16,19H,1,17-18H2,2H3/b23-19+. The Bertz CT molecular complexity index is 1170. The molecule has 0 aliphatic rings. The van der Waals surface area contributed by atoms with E-state index in [0.717, 1.165) is 17.1 Å². The van der Waals surface area contributed by atoms with Crippen LogP contribution in [0.1, 0.15) is 12.5 Å². The number of esters is 2. The number of benzene rings is 3. The van der Waals surface area contributed by atoms with Gasteiger partial charge in [-0.2, -0.15) is 5.26 Å². The number of hydrogen-bond donors (Lipinski definition) is 0. The first-order chi connectivity index (χ1) is 16.5. The summed E-state index contributed by atoms with van der Waals surface area (Å²) in [6.45, 7) is 4.73. The molecule has 0 bridgehead atoms. The largest absolute Gasteiger partial charge is 0.459 e. The molecule has 6 nitrogen and oxygen atoms in total. The minimum absolute atomic E-state index is 0.111. The number of anilines is 3. The number of ether oxygens (including phenoxy) is 2. The van der Waals surface area contributed by atoms with Crippen LogP contribution in [0.25, 0.3) is 6.08 Å². The van der Waals surface area contributed by atoms with Crippen LogP contribution in [0.3, 0.4) is 0 Å². The molecule has 0 aromatic heterocycles. The second kappa shape index (κ2) is 11.8. The maximum absolute atomic E-state index is 12.2. The lowest BCUT2D eigenvalue weighted by molar-refractivity contribution is -0.147. The van der Waals surface area contributed by atoms with Crippen LogP contribution in [-0.2, 0) is 19.1 Å². The third kappa shape index (κ3) is 6.44. The van der Waals surface area contributed by atoms with E-state index >= 15 is 0 Å². The maximum Gasteiger partial charge on any atom is 0.349 e. The van der Waals surface area contributed by atoms with Crippen molar-refractivity contribution in [2.24, 2.45) is 0 Å². The summed E-state index contributed by atoms with van der Waals surface area (Å²) in [6, 6.07) is 29.3. The summed E-state index contributed by atoms with van der Waals surface area (Å²) >= 11 is 0. The highest BCUT2D eigenvalue weighted by atomic mass is 16.6. The monoisotopic (exact) mass is 452 g/mol. The Balaban J connectivity index is 1.74. The van der Waals surface area contributed by atoms with Gasteiger partial charge in [0.25, 0.3) is 0 Å². The van der Waals surface area contributed by atoms with E-state index in [1.54, 1.807) is 0 Å². The van der Waals surface area contributed by atoms with Crippen molar-refractivity contribution in [2.75, 3.05) is 18.1 Å². The number of carbonyl (C=O) groups is 2. The lowest BCUT2D eigenvalue weighted by Gasteiger charge is -2.25. The van der Waals surface area contributed by atoms with Gasteiger partial charge >= 0.3 is 11.9 Å². The van der Waals surface area contributed by atoms with Gasteiger partial charge in [-0.25, -0.2) is 9.59 Å². The van der Waals surface area contributed by atoms with Crippen molar-refractivity contribution < 1.29 is 19.1 Å². The fourth-order valence-electron chi connectivity index (χ4n) is 3.09. The first-order valence-electron chi connectivity index (χ1n) is 10.6. The van der Waals surface area contributed by atoms with Crippen LogP contribution >= 0.6 is 0 Å². The van der Waals surface area contributed by atoms with Crippen molar-refractivity contribution in [3.8, 4) is 6.07 Å². The fraction of sp³-hybridized carbons (Fsp3) is 0.107. The van der Waals surface area contributed by atoms with E-state index < -0.39 is 11.9 Å². The van der Waals surface area contributed by atoms with E-state index in [2.05, 4.69) is 11.5 Å². The molecule has 3 aromatic rings. The van der Waals surface area contributed by atoms with Gasteiger partial charge in [-0.05, 0) is 55.0 Å². The summed E-state index contributed by atoms with van der Waals surface area (Å²) in [5.41, 5.74) is 3.71. The highest BCUT2D eigenvalue weighted by Gasteiger charge is 2.13. The fourth-order valence-corrected chi connectivity index (χ4v) is 3.09. The number of para-hydroxylation sites is 2. The zero-order valence-corrected chi connectivity index (χ0v) is 18.8. The van der Waals surface area contributed by atoms with Gasteiger partial charge in [0, 0.05) is 22.6 Å². The molecule has 0 radical (unpaired) electrons. The predicted octanol–water partition coefficient (Wildman–Crippen LogP) is 5.73. The molecular weight excluding hydrogens is 428 g/mol. The molecular formula is C28H24N2O4. The first-order valence-corrected chi connectivity index (χ1v) is 10.6. The van der Waals surface area contributed by atoms with Crippen LogP contribution in [0.5, 0.6) is 0 Å². The normalized spacial score (nSPS) is 10.6. The van der Waals surface area contributed by atoms with Gasteiger partial charge in [0.1, 0.15) is 24.9 Å². The summed E-state index contributed by atoms with van der Waals surface area (Å²) in [6.07, 6.45) is 1.46. The lowest BCUT2D eigenvalue weighted by atomic mass is 10.1. The molecule has 0 heterocycles. The minimum atomic E-state index is -0.784. The lowest BCUT2D eigenvalue weighted by Crippen LogP contribution is -2.15. The molecule has 3 rings (SSSR count). The molecule has 6 heteroatoms. The summed E-state index contributed by atoms with van der Waals surface area (Å²) in [4.78, 5) is 25.7. The average Bonchev–Trinajstić information content (AvgIpc) is 2.87. The van der Waals surface area contributed by atoms with E-state index in [-0.39, 0.29) is 24.4 Å². The van der Waals surface area contributed by atoms with Gasteiger partial charge < -0.3 is 14.4 Å². The maximum atomic E-state index is 12.2. The molecule has 0 amide bonds. The zero-order valence-electron chi connectivity index (χ0n) is 18.8. The van der Waals surface area contributed by atoms with Crippen molar-refractivity contribution in [3.63, 3.8) is 0 Å². The van der Waals surface area contributed by atoms with Gasteiger partial charge in [-0.1, -0.05) is 55.1 Å². The van der Waals surface area contributed by atoms with E-state index in [1.807, 2.05) is 91.0 Å². The number of carbonyl (C=O) groups excluding carboxylic acids is 2. The minimum Gasteiger partial charge on any atom is -0.459 e. The molecule has 0 saturated carbocycles. The topological polar surface area (TPSA) is 79.6 Å². The Morgan fingerprint density at radius 2 is 1.29 bits per heavy atom. The molecule has 0 aliphatic heterocycles.